The number of rotatable bonds is 2. The molecular formula is C15H19F3N6O2. The average molecular weight is 372 g/mol. The van der Waals surface area contributed by atoms with Crippen LogP contribution in [0.25, 0.3) is 5.65 Å². The first-order valence-electron chi connectivity index (χ1n) is 8.07. The molecule has 3 heterocycles. The summed E-state index contributed by atoms with van der Waals surface area (Å²) in [6, 6.07) is 2.84. The molecule has 1 aliphatic rings. The van der Waals surface area contributed by atoms with Crippen molar-refractivity contribution in [3.05, 3.63) is 18.0 Å². The molecule has 26 heavy (non-hydrogen) atoms. The van der Waals surface area contributed by atoms with Gasteiger partial charge in [-0.1, -0.05) is 0 Å². The lowest BCUT2D eigenvalue weighted by Gasteiger charge is -2.22. The van der Waals surface area contributed by atoms with Gasteiger partial charge in [0.2, 0.25) is 0 Å². The fraction of sp³-hybridized carbons (Fsp3) is 0.600. The van der Waals surface area contributed by atoms with Crippen LogP contribution in [0.2, 0.25) is 0 Å². The third-order valence-electron chi connectivity index (χ3n) is 3.74. The van der Waals surface area contributed by atoms with Crippen molar-refractivity contribution in [3.63, 3.8) is 0 Å². The number of nitrogens with zero attached hydrogens (tertiary/aromatic N) is 5. The predicted octanol–water partition coefficient (Wildman–Crippen LogP) is 2.25. The summed E-state index contributed by atoms with van der Waals surface area (Å²) in [6.07, 6.45) is -4.53. The summed E-state index contributed by atoms with van der Waals surface area (Å²) in [4.78, 5) is 13.6. The van der Waals surface area contributed by atoms with E-state index >= 15 is 0 Å². The number of fused-ring (bicyclic) bond motifs is 1. The minimum atomic E-state index is -4.64. The van der Waals surface area contributed by atoms with Gasteiger partial charge in [-0.05, 0) is 39.3 Å². The zero-order valence-corrected chi connectivity index (χ0v) is 14.5. The van der Waals surface area contributed by atoms with Crippen LogP contribution in [-0.4, -0.2) is 50.6 Å². The van der Waals surface area contributed by atoms with Crippen LogP contribution in [0.5, 0.6) is 0 Å². The Balaban J connectivity index is 1.72. The second-order valence-electron chi connectivity index (χ2n) is 7.06. The van der Waals surface area contributed by atoms with Crippen LogP contribution >= 0.6 is 0 Å². The van der Waals surface area contributed by atoms with E-state index in [0.717, 1.165) is 0 Å². The standard InChI is InChI=1S/C15H19F3N6O2/c1-14(2,3)26-13(25)19-9-6-7-23(8-9)11-5-4-10-20-21-12(15(16,17)18)24(10)22-11/h4-5,9H,6-8H2,1-3H3,(H,19,25). The summed E-state index contributed by atoms with van der Waals surface area (Å²) in [6.45, 7) is 6.27. The first-order chi connectivity index (χ1) is 12.0. The molecule has 2 aromatic rings. The lowest BCUT2D eigenvalue weighted by atomic mass is 10.2. The molecule has 1 amide bonds. The molecule has 1 N–H and O–H groups in total. The normalized spacial score (nSPS) is 18.4. The lowest BCUT2D eigenvalue weighted by molar-refractivity contribution is -0.146. The van der Waals surface area contributed by atoms with Crippen molar-refractivity contribution in [1.29, 1.82) is 0 Å². The zero-order chi connectivity index (χ0) is 19.1. The van der Waals surface area contributed by atoms with Crippen molar-refractivity contribution in [1.82, 2.24) is 25.1 Å². The van der Waals surface area contributed by atoms with Gasteiger partial charge in [-0.3, -0.25) is 0 Å². The van der Waals surface area contributed by atoms with Gasteiger partial charge < -0.3 is 15.0 Å². The molecule has 11 heteroatoms. The number of nitrogens with one attached hydrogen (secondary N) is 1. The van der Waals surface area contributed by atoms with E-state index in [-0.39, 0.29) is 11.7 Å². The predicted molar refractivity (Wildman–Crippen MR) is 85.8 cm³/mol. The summed E-state index contributed by atoms with van der Waals surface area (Å²) in [5.41, 5.74) is -0.582. The smallest absolute Gasteiger partial charge is 0.444 e. The van der Waals surface area contributed by atoms with Crippen LogP contribution in [-0.2, 0) is 10.9 Å². The molecular weight excluding hydrogens is 353 g/mol. The molecule has 2 aromatic heterocycles. The number of alkyl halides is 3. The highest BCUT2D eigenvalue weighted by atomic mass is 19.4. The number of anilines is 1. The van der Waals surface area contributed by atoms with Gasteiger partial charge in [0.15, 0.2) is 5.65 Å². The van der Waals surface area contributed by atoms with Crippen LogP contribution in [0.4, 0.5) is 23.8 Å². The summed E-state index contributed by atoms with van der Waals surface area (Å²) in [5.74, 6) is -0.812. The highest BCUT2D eigenvalue weighted by Crippen LogP contribution is 2.28. The largest absolute Gasteiger partial charge is 0.453 e. The van der Waals surface area contributed by atoms with Crippen molar-refractivity contribution in [2.45, 2.75) is 45.0 Å². The quantitative estimate of drug-likeness (QED) is 0.870. The Morgan fingerprint density at radius 2 is 2.00 bits per heavy atom. The molecule has 0 aromatic carbocycles. The van der Waals surface area contributed by atoms with Crippen molar-refractivity contribution in [2.75, 3.05) is 18.0 Å². The van der Waals surface area contributed by atoms with Crippen LogP contribution in [0.3, 0.4) is 0 Å². The molecule has 0 radical (unpaired) electrons. The minimum absolute atomic E-state index is 0.0173. The van der Waals surface area contributed by atoms with Crippen LogP contribution in [0.1, 0.15) is 33.0 Å². The molecule has 1 aliphatic heterocycles. The summed E-state index contributed by atoms with van der Waals surface area (Å²) >= 11 is 0. The van der Waals surface area contributed by atoms with Crippen molar-refractivity contribution >= 4 is 17.6 Å². The molecule has 3 rings (SSSR count). The maximum absolute atomic E-state index is 13.0. The molecule has 1 atom stereocenters. The Morgan fingerprint density at radius 1 is 1.27 bits per heavy atom. The van der Waals surface area contributed by atoms with Gasteiger partial charge in [0.1, 0.15) is 11.4 Å². The third-order valence-corrected chi connectivity index (χ3v) is 3.74. The molecule has 1 unspecified atom stereocenters. The summed E-state index contributed by atoms with van der Waals surface area (Å²) in [7, 11) is 0. The molecule has 142 valence electrons. The molecule has 8 nitrogen and oxygen atoms in total. The molecule has 0 saturated carbocycles. The van der Waals surface area contributed by atoms with E-state index in [0.29, 0.717) is 29.8 Å². The average Bonchev–Trinajstić information content (AvgIpc) is 3.09. The van der Waals surface area contributed by atoms with E-state index in [1.807, 2.05) is 0 Å². The van der Waals surface area contributed by atoms with E-state index in [1.165, 1.54) is 6.07 Å². The fourth-order valence-electron chi connectivity index (χ4n) is 2.69. The number of carbonyl (C=O) groups excluding carboxylic acids is 1. The highest BCUT2D eigenvalue weighted by Gasteiger charge is 2.38. The molecule has 0 aliphatic carbocycles. The fourth-order valence-corrected chi connectivity index (χ4v) is 2.69. The van der Waals surface area contributed by atoms with Gasteiger partial charge in [-0.2, -0.15) is 17.7 Å². The van der Waals surface area contributed by atoms with E-state index in [4.69, 9.17) is 4.74 Å². The Labute approximate surface area is 147 Å². The summed E-state index contributed by atoms with van der Waals surface area (Å²) < 4.78 is 44.8. The van der Waals surface area contributed by atoms with E-state index in [9.17, 15) is 18.0 Å². The topological polar surface area (TPSA) is 84.6 Å². The maximum atomic E-state index is 13.0. The lowest BCUT2D eigenvalue weighted by Crippen LogP contribution is -2.40. The highest BCUT2D eigenvalue weighted by molar-refractivity contribution is 5.68. The van der Waals surface area contributed by atoms with Gasteiger partial charge in [-0.15, -0.1) is 15.3 Å². The number of carbonyl (C=O) groups is 1. The van der Waals surface area contributed by atoms with E-state index < -0.39 is 23.7 Å². The first kappa shape index (κ1) is 18.2. The number of halogens is 3. The van der Waals surface area contributed by atoms with Crippen molar-refractivity contribution < 1.29 is 22.7 Å². The SMILES string of the molecule is CC(C)(C)OC(=O)NC1CCN(c2ccc3nnc(C(F)(F)F)n3n2)C1. The van der Waals surface area contributed by atoms with Crippen molar-refractivity contribution in [3.8, 4) is 0 Å². The van der Waals surface area contributed by atoms with Gasteiger partial charge in [0.25, 0.3) is 5.82 Å². The molecule has 1 saturated heterocycles. The number of alkyl carbamates (subject to hydrolysis) is 1. The molecule has 1 fully saturated rings. The van der Waals surface area contributed by atoms with Crippen LogP contribution in [0.15, 0.2) is 12.1 Å². The Hall–Kier alpha value is -2.59. The Kier molecular flexibility index (Phi) is 4.41. The minimum Gasteiger partial charge on any atom is -0.444 e. The first-order valence-corrected chi connectivity index (χ1v) is 8.07. The zero-order valence-electron chi connectivity index (χ0n) is 14.5. The second kappa shape index (κ2) is 6.29. The Bertz CT molecular complexity index is 814. The third kappa shape index (κ3) is 3.97. The second-order valence-corrected chi connectivity index (χ2v) is 7.06. The van der Waals surface area contributed by atoms with Gasteiger partial charge in [0, 0.05) is 13.1 Å². The number of aromatic nitrogens is 4. The van der Waals surface area contributed by atoms with Crippen molar-refractivity contribution in [2.24, 2.45) is 0 Å². The van der Waals surface area contributed by atoms with Crippen LogP contribution < -0.4 is 10.2 Å². The van der Waals surface area contributed by atoms with Gasteiger partial charge in [-0.25, -0.2) is 4.79 Å². The maximum Gasteiger partial charge on any atom is 0.453 e. The van der Waals surface area contributed by atoms with E-state index in [2.05, 4.69) is 20.6 Å². The van der Waals surface area contributed by atoms with Crippen LogP contribution in [0, 0.1) is 0 Å². The Morgan fingerprint density at radius 3 is 2.65 bits per heavy atom. The monoisotopic (exact) mass is 372 g/mol. The molecule has 0 spiro atoms. The number of amides is 1. The number of hydrogen-bond donors (Lipinski definition) is 1. The number of hydrogen-bond acceptors (Lipinski definition) is 6. The number of ether oxygens (including phenoxy) is 1. The van der Waals surface area contributed by atoms with Gasteiger partial charge >= 0.3 is 12.3 Å². The molecule has 0 bridgehead atoms. The van der Waals surface area contributed by atoms with E-state index in [1.54, 1.807) is 31.7 Å². The van der Waals surface area contributed by atoms with Gasteiger partial charge in [0.05, 0.1) is 6.04 Å². The summed E-state index contributed by atoms with van der Waals surface area (Å²) in [5, 5.41) is 13.4.